The fourth-order valence-electron chi connectivity index (χ4n) is 1.96. The number of imidazole rings is 1. The number of hydrogen-bond acceptors (Lipinski definition) is 3. The lowest BCUT2D eigenvalue weighted by atomic mass is 10.1. The molecule has 0 aliphatic heterocycles. The average molecular weight is 242 g/mol. The first kappa shape index (κ1) is 10.7. The highest BCUT2D eigenvalue weighted by molar-refractivity contribution is 5.70. The molecule has 0 amide bonds. The van der Waals surface area contributed by atoms with E-state index in [0.717, 1.165) is 0 Å². The molecule has 3 aromatic rings. The van der Waals surface area contributed by atoms with E-state index in [9.17, 15) is 4.39 Å². The standard InChI is InChI=1S/C13H11FN4/c1-15-12-13-17-8-11(18(13)7-6-16-12)9-4-2-3-5-10(9)14/h2-8H,1H3,(H,15,16). The molecule has 18 heavy (non-hydrogen) atoms. The second kappa shape index (κ2) is 4.10. The van der Waals surface area contributed by atoms with E-state index >= 15 is 0 Å². The Labute approximate surface area is 103 Å². The summed E-state index contributed by atoms with van der Waals surface area (Å²) in [6.45, 7) is 0. The van der Waals surface area contributed by atoms with Crippen molar-refractivity contribution in [3.63, 3.8) is 0 Å². The molecule has 0 saturated heterocycles. The molecule has 5 heteroatoms. The normalized spacial score (nSPS) is 10.8. The molecule has 0 unspecified atom stereocenters. The Balaban J connectivity index is 2.29. The van der Waals surface area contributed by atoms with Gasteiger partial charge in [-0.15, -0.1) is 0 Å². The van der Waals surface area contributed by atoms with Crippen LogP contribution in [0.1, 0.15) is 0 Å². The van der Waals surface area contributed by atoms with Gasteiger partial charge in [0.1, 0.15) is 5.82 Å². The van der Waals surface area contributed by atoms with Gasteiger partial charge in [-0.3, -0.25) is 4.40 Å². The molecular formula is C13H11FN4. The largest absolute Gasteiger partial charge is 0.370 e. The second-order valence-electron chi connectivity index (χ2n) is 3.84. The van der Waals surface area contributed by atoms with E-state index < -0.39 is 0 Å². The van der Waals surface area contributed by atoms with Gasteiger partial charge < -0.3 is 5.32 Å². The predicted octanol–water partition coefficient (Wildman–Crippen LogP) is 2.58. The molecule has 3 rings (SSSR count). The third-order valence-corrected chi connectivity index (χ3v) is 2.81. The van der Waals surface area contributed by atoms with Crippen LogP contribution in [-0.4, -0.2) is 21.4 Å². The lowest BCUT2D eigenvalue weighted by Crippen LogP contribution is -1.98. The van der Waals surface area contributed by atoms with Gasteiger partial charge >= 0.3 is 0 Å². The second-order valence-corrected chi connectivity index (χ2v) is 3.84. The van der Waals surface area contributed by atoms with E-state index in [2.05, 4.69) is 15.3 Å². The average Bonchev–Trinajstić information content (AvgIpc) is 2.83. The molecule has 0 spiro atoms. The molecule has 0 aliphatic carbocycles. The molecule has 2 heterocycles. The first-order chi connectivity index (χ1) is 8.81. The summed E-state index contributed by atoms with van der Waals surface area (Å²) in [6.07, 6.45) is 5.08. The van der Waals surface area contributed by atoms with E-state index in [-0.39, 0.29) is 5.82 Å². The van der Waals surface area contributed by atoms with Crippen LogP contribution in [0.15, 0.2) is 42.9 Å². The number of benzene rings is 1. The van der Waals surface area contributed by atoms with Crippen molar-refractivity contribution in [2.45, 2.75) is 0 Å². The minimum atomic E-state index is -0.262. The molecule has 0 aliphatic rings. The van der Waals surface area contributed by atoms with Gasteiger partial charge in [0, 0.05) is 25.0 Å². The summed E-state index contributed by atoms with van der Waals surface area (Å²) in [7, 11) is 1.78. The first-order valence-corrected chi connectivity index (χ1v) is 5.56. The summed E-state index contributed by atoms with van der Waals surface area (Å²) < 4.78 is 15.6. The number of aromatic nitrogens is 3. The van der Waals surface area contributed by atoms with E-state index in [4.69, 9.17) is 0 Å². The van der Waals surface area contributed by atoms with Crippen LogP contribution in [0.2, 0.25) is 0 Å². The number of halogens is 1. The maximum Gasteiger partial charge on any atom is 0.180 e. The van der Waals surface area contributed by atoms with Crippen LogP contribution in [0.4, 0.5) is 10.2 Å². The first-order valence-electron chi connectivity index (χ1n) is 5.56. The molecular weight excluding hydrogens is 231 g/mol. The Morgan fingerprint density at radius 2 is 2.06 bits per heavy atom. The molecule has 0 atom stereocenters. The van der Waals surface area contributed by atoms with Gasteiger partial charge in [0.15, 0.2) is 11.5 Å². The van der Waals surface area contributed by atoms with Crippen LogP contribution in [0.5, 0.6) is 0 Å². The Morgan fingerprint density at radius 3 is 2.83 bits per heavy atom. The molecule has 0 saturated carbocycles. The summed E-state index contributed by atoms with van der Waals surface area (Å²) in [5.74, 6) is 0.405. The third kappa shape index (κ3) is 1.52. The third-order valence-electron chi connectivity index (χ3n) is 2.81. The monoisotopic (exact) mass is 242 g/mol. The van der Waals surface area contributed by atoms with Gasteiger partial charge in [-0.25, -0.2) is 14.4 Å². The summed E-state index contributed by atoms with van der Waals surface area (Å²) >= 11 is 0. The minimum absolute atomic E-state index is 0.262. The predicted molar refractivity (Wildman–Crippen MR) is 67.9 cm³/mol. The van der Waals surface area contributed by atoms with Gasteiger partial charge in [-0.1, -0.05) is 12.1 Å². The zero-order valence-electron chi connectivity index (χ0n) is 9.76. The van der Waals surface area contributed by atoms with E-state index in [1.54, 1.807) is 43.8 Å². The van der Waals surface area contributed by atoms with Crippen LogP contribution >= 0.6 is 0 Å². The van der Waals surface area contributed by atoms with Crippen molar-refractivity contribution in [2.24, 2.45) is 0 Å². The van der Waals surface area contributed by atoms with Crippen LogP contribution in [0.3, 0.4) is 0 Å². The molecule has 0 fully saturated rings. The van der Waals surface area contributed by atoms with Gasteiger partial charge in [-0.05, 0) is 12.1 Å². The van der Waals surface area contributed by atoms with Crippen molar-refractivity contribution >= 4 is 11.5 Å². The number of rotatable bonds is 2. The van der Waals surface area contributed by atoms with E-state index in [0.29, 0.717) is 22.7 Å². The maximum absolute atomic E-state index is 13.8. The van der Waals surface area contributed by atoms with Gasteiger partial charge in [0.25, 0.3) is 0 Å². The number of fused-ring (bicyclic) bond motifs is 1. The van der Waals surface area contributed by atoms with E-state index in [1.807, 2.05) is 4.40 Å². The smallest absolute Gasteiger partial charge is 0.180 e. The summed E-state index contributed by atoms with van der Waals surface area (Å²) in [5, 5.41) is 2.96. The van der Waals surface area contributed by atoms with Crippen molar-refractivity contribution in [1.29, 1.82) is 0 Å². The number of nitrogens with one attached hydrogen (secondary N) is 1. The number of hydrogen-bond donors (Lipinski definition) is 1. The Bertz CT molecular complexity index is 705. The summed E-state index contributed by atoms with van der Waals surface area (Å²) in [6, 6.07) is 6.65. The van der Waals surface area contributed by atoms with Crippen LogP contribution in [-0.2, 0) is 0 Å². The molecule has 0 radical (unpaired) electrons. The van der Waals surface area contributed by atoms with Crippen LogP contribution in [0, 0.1) is 5.82 Å². The molecule has 1 aromatic carbocycles. The van der Waals surface area contributed by atoms with Crippen molar-refractivity contribution in [1.82, 2.24) is 14.4 Å². The zero-order chi connectivity index (χ0) is 12.5. The van der Waals surface area contributed by atoms with Gasteiger partial charge in [0.2, 0.25) is 0 Å². The highest BCUT2D eigenvalue weighted by atomic mass is 19.1. The SMILES string of the molecule is CNc1nccn2c(-c3ccccc3F)cnc12. The Morgan fingerprint density at radius 1 is 1.22 bits per heavy atom. The molecule has 4 nitrogen and oxygen atoms in total. The topological polar surface area (TPSA) is 42.2 Å². The maximum atomic E-state index is 13.8. The number of anilines is 1. The zero-order valence-corrected chi connectivity index (χ0v) is 9.76. The van der Waals surface area contributed by atoms with Crippen molar-refractivity contribution < 1.29 is 4.39 Å². The van der Waals surface area contributed by atoms with E-state index in [1.165, 1.54) is 6.07 Å². The Hall–Kier alpha value is -2.43. The minimum Gasteiger partial charge on any atom is -0.370 e. The summed E-state index contributed by atoms with van der Waals surface area (Å²) in [5.41, 5.74) is 1.92. The Kier molecular flexibility index (Phi) is 2.44. The lowest BCUT2D eigenvalue weighted by Gasteiger charge is -2.05. The molecule has 2 aromatic heterocycles. The lowest BCUT2D eigenvalue weighted by molar-refractivity contribution is 0.630. The highest BCUT2D eigenvalue weighted by Gasteiger charge is 2.11. The van der Waals surface area contributed by atoms with Crippen LogP contribution in [0.25, 0.3) is 16.9 Å². The van der Waals surface area contributed by atoms with Crippen molar-refractivity contribution in [2.75, 3.05) is 12.4 Å². The van der Waals surface area contributed by atoms with Crippen LogP contribution < -0.4 is 5.32 Å². The molecule has 90 valence electrons. The fourth-order valence-corrected chi connectivity index (χ4v) is 1.96. The van der Waals surface area contributed by atoms with Crippen molar-refractivity contribution in [3.05, 3.63) is 48.7 Å². The fraction of sp³-hybridized carbons (Fsp3) is 0.0769. The number of nitrogens with zero attached hydrogens (tertiary/aromatic N) is 3. The summed E-state index contributed by atoms with van der Waals surface area (Å²) in [4.78, 5) is 8.44. The van der Waals surface area contributed by atoms with Gasteiger partial charge in [0.05, 0.1) is 11.9 Å². The quantitative estimate of drug-likeness (QED) is 0.751. The molecule has 0 bridgehead atoms. The molecule has 1 N–H and O–H groups in total. The highest BCUT2D eigenvalue weighted by Crippen LogP contribution is 2.25. The van der Waals surface area contributed by atoms with Crippen molar-refractivity contribution in [3.8, 4) is 11.3 Å². The van der Waals surface area contributed by atoms with Gasteiger partial charge in [-0.2, -0.15) is 0 Å².